The first-order valence-corrected chi connectivity index (χ1v) is 8.20. The highest BCUT2D eigenvalue weighted by atomic mass is 16.5. The van der Waals surface area contributed by atoms with Gasteiger partial charge in [0, 0.05) is 18.1 Å². The lowest BCUT2D eigenvalue weighted by atomic mass is 10.0. The largest absolute Gasteiger partial charge is 0.493 e. The first kappa shape index (κ1) is 19.3. The van der Waals surface area contributed by atoms with Crippen LogP contribution in [0.3, 0.4) is 0 Å². The maximum absolute atomic E-state index is 12.7. The SMILES string of the molecule is CCC(NC(=O)c1cn(CC)c(=O)c2cc(OC)c(OC)cc12)C(=O)O. The summed E-state index contributed by atoms with van der Waals surface area (Å²) in [7, 11) is 2.91. The van der Waals surface area contributed by atoms with Gasteiger partial charge in [0.25, 0.3) is 11.5 Å². The molecule has 0 bridgehead atoms. The minimum Gasteiger partial charge on any atom is -0.493 e. The number of benzene rings is 1. The second-order valence-electron chi connectivity index (χ2n) is 5.66. The summed E-state index contributed by atoms with van der Waals surface area (Å²) in [5, 5.41) is 12.3. The van der Waals surface area contributed by atoms with Crippen molar-refractivity contribution in [1.29, 1.82) is 0 Å². The van der Waals surface area contributed by atoms with Crippen LogP contribution in [-0.2, 0) is 11.3 Å². The van der Waals surface area contributed by atoms with E-state index in [2.05, 4.69) is 5.32 Å². The number of pyridine rings is 1. The van der Waals surface area contributed by atoms with Crippen LogP contribution in [0, 0.1) is 0 Å². The third kappa shape index (κ3) is 3.49. The fourth-order valence-corrected chi connectivity index (χ4v) is 2.71. The van der Waals surface area contributed by atoms with Crippen molar-refractivity contribution in [3.05, 3.63) is 34.2 Å². The molecule has 0 aliphatic rings. The van der Waals surface area contributed by atoms with Crippen LogP contribution in [0.15, 0.2) is 23.1 Å². The van der Waals surface area contributed by atoms with Crippen LogP contribution in [0.2, 0.25) is 0 Å². The molecule has 0 saturated carbocycles. The van der Waals surface area contributed by atoms with Gasteiger partial charge in [0.15, 0.2) is 11.5 Å². The lowest BCUT2D eigenvalue weighted by molar-refractivity contribution is -0.139. The molecule has 1 amide bonds. The first-order valence-electron chi connectivity index (χ1n) is 8.20. The van der Waals surface area contributed by atoms with E-state index in [0.29, 0.717) is 28.8 Å². The van der Waals surface area contributed by atoms with Crippen LogP contribution in [-0.4, -0.2) is 41.8 Å². The van der Waals surface area contributed by atoms with Crippen LogP contribution in [0.25, 0.3) is 10.8 Å². The van der Waals surface area contributed by atoms with Crippen molar-refractivity contribution in [3.63, 3.8) is 0 Å². The Labute approximate surface area is 150 Å². The summed E-state index contributed by atoms with van der Waals surface area (Å²) < 4.78 is 11.9. The summed E-state index contributed by atoms with van der Waals surface area (Å²) in [5.74, 6) is -0.950. The number of carboxylic acids is 1. The predicted octanol–water partition coefficient (Wildman–Crippen LogP) is 1.63. The summed E-state index contributed by atoms with van der Waals surface area (Å²) >= 11 is 0. The molecule has 140 valence electrons. The number of rotatable bonds is 7. The Morgan fingerprint density at radius 1 is 1.15 bits per heavy atom. The van der Waals surface area contributed by atoms with E-state index in [0.717, 1.165) is 0 Å². The Morgan fingerprint density at radius 2 is 1.73 bits per heavy atom. The molecule has 26 heavy (non-hydrogen) atoms. The number of aliphatic carboxylic acids is 1. The Bertz CT molecular complexity index is 903. The molecular weight excluding hydrogens is 340 g/mol. The molecule has 1 heterocycles. The van der Waals surface area contributed by atoms with Crippen molar-refractivity contribution in [2.75, 3.05) is 14.2 Å². The molecule has 1 atom stereocenters. The highest BCUT2D eigenvalue weighted by Gasteiger charge is 2.22. The van der Waals surface area contributed by atoms with Crippen molar-refractivity contribution >= 4 is 22.6 Å². The number of carbonyl (C=O) groups is 2. The van der Waals surface area contributed by atoms with Gasteiger partial charge in [-0.2, -0.15) is 0 Å². The molecule has 0 spiro atoms. The maximum atomic E-state index is 12.7. The van der Waals surface area contributed by atoms with Gasteiger partial charge in [0.2, 0.25) is 0 Å². The number of fused-ring (bicyclic) bond motifs is 1. The maximum Gasteiger partial charge on any atom is 0.326 e. The van der Waals surface area contributed by atoms with E-state index in [-0.39, 0.29) is 17.5 Å². The van der Waals surface area contributed by atoms with Gasteiger partial charge in [-0.3, -0.25) is 9.59 Å². The molecule has 0 saturated heterocycles. The molecule has 8 nitrogen and oxygen atoms in total. The highest BCUT2D eigenvalue weighted by Crippen LogP contribution is 2.32. The van der Waals surface area contributed by atoms with Crippen molar-refractivity contribution in [3.8, 4) is 11.5 Å². The number of carbonyl (C=O) groups excluding carboxylic acids is 1. The van der Waals surface area contributed by atoms with Crippen LogP contribution in [0.1, 0.15) is 30.6 Å². The number of ether oxygens (including phenoxy) is 2. The highest BCUT2D eigenvalue weighted by molar-refractivity contribution is 6.08. The normalized spacial score (nSPS) is 11.8. The van der Waals surface area contributed by atoms with E-state index in [1.165, 1.54) is 31.0 Å². The second-order valence-corrected chi connectivity index (χ2v) is 5.66. The lowest BCUT2D eigenvalue weighted by Crippen LogP contribution is -2.40. The molecule has 0 aliphatic heterocycles. The van der Waals surface area contributed by atoms with Gasteiger partial charge in [0.05, 0.1) is 25.2 Å². The number of aryl methyl sites for hydroxylation is 1. The molecule has 8 heteroatoms. The van der Waals surface area contributed by atoms with E-state index in [9.17, 15) is 19.5 Å². The topological polar surface area (TPSA) is 107 Å². The number of hydrogen-bond acceptors (Lipinski definition) is 5. The standard InChI is InChI=1S/C18H22N2O6/c1-5-13(18(23)24)19-16(21)12-9-20(6-2)17(22)11-8-15(26-4)14(25-3)7-10(11)12/h7-9,13H,5-6H2,1-4H3,(H,19,21)(H,23,24). The number of aromatic nitrogens is 1. The van der Waals surface area contributed by atoms with Gasteiger partial charge >= 0.3 is 5.97 Å². The van der Waals surface area contributed by atoms with Crippen LogP contribution >= 0.6 is 0 Å². The zero-order valence-corrected chi connectivity index (χ0v) is 15.2. The van der Waals surface area contributed by atoms with Gasteiger partial charge in [-0.25, -0.2) is 4.79 Å². The fraction of sp³-hybridized carbons (Fsp3) is 0.389. The molecule has 1 aromatic carbocycles. The summed E-state index contributed by atoms with van der Waals surface area (Å²) in [6.45, 7) is 3.80. The Balaban J connectivity index is 2.71. The van der Waals surface area contributed by atoms with Crippen molar-refractivity contribution < 1.29 is 24.2 Å². The Hall–Kier alpha value is -3.03. The third-order valence-corrected chi connectivity index (χ3v) is 4.19. The third-order valence-electron chi connectivity index (χ3n) is 4.19. The predicted molar refractivity (Wildman–Crippen MR) is 96.2 cm³/mol. The van der Waals surface area contributed by atoms with Crippen molar-refractivity contribution in [2.45, 2.75) is 32.9 Å². The molecule has 2 N–H and O–H groups in total. The summed E-state index contributed by atoms with van der Waals surface area (Å²) in [6.07, 6.45) is 1.67. The number of hydrogen-bond donors (Lipinski definition) is 2. The summed E-state index contributed by atoms with van der Waals surface area (Å²) in [6, 6.07) is 2.06. The first-order chi connectivity index (χ1) is 12.4. The molecular formula is C18H22N2O6. The van der Waals surface area contributed by atoms with Gasteiger partial charge in [-0.1, -0.05) is 6.92 Å². The van der Waals surface area contributed by atoms with Crippen molar-refractivity contribution in [2.24, 2.45) is 0 Å². The van der Waals surface area contributed by atoms with E-state index < -0.39 is 17.9 Å². The quantitative estimate of drug-likeness (QED) is 0.775. The van der Waals surface area contributed by atoms with E-state index in [1.54, 1.807) is 19.9 Å². The Morgan fingerprint density at radius 3 is 2.19 bits per heavy atom. The zero-order valence-electron chi connectivity index (χ0n) is 15.2. The molecule has 1 aromatic heterocycles. The summed E-state index contributed by atoms with van der Waals surface area (Å²) in [5.41, 5.74) is -0.0765. The average molecular weight is 362 g/mol. The van der Waals surface area contributed by atoms with Crippen LogP contribution in [0.5, 0.6) is 11.5 Å². The van der Waals surface area contributed by atoms with Gasteiger partial charge in [-0.15, -0.1) is 0 Å². The molecule has 0 fully saturated rings. The molecule has 0 aliphatic carbocycles. The fourth-order valence-electron chi connectivity index (χ4n) is 2.71. The van der Waals surface area contributed by atoms with E-state index in [4.69, 9.17) is 9.47 Å². The zero-order chi connectivity index (χ0) is 19.4. The smallest absolute Gasteiger partial charge is 0.326 e. The number of nitrogens with one attached hydrogen (secondary N) is 1. The minimum atomic E-state index is -1.12. The number of methoxy groups -OCH3 is 2. The number of amides is 1. The van der Waals surface area contributed by atoms with E-state index >= 15 is 0 Å². The van der Waals surface area contributed by atoms with Crippen LogP contribution in [0.4, 0.5) is 0 Å². The molecule has 2 rings (SSSR count). The average Bonchev–Trinajstić information content (AvgIpc) is 2.64. The molecule has 1 unspecified atom stereocenters. The minimum absolute atomic E-state index is 0.196. The summed E-state index contributed by atoms with van der Waals surface area (Å²) in [4.78, 5) is 36.5. The number of carboxylic acid groups (broad SMARTS) is 1. The Kier molecular flexibility index (Phi) is 5.86. The van der Waals surface area contributed by atoms with Gasteiger partial charge < -0.3 is 24.5 Å². The number of nitrogens with zero attached hydrogens (tertiary/aromatic N) is 1. The molecule has 2 aromatic rings. The van der Waals surface area contributed by atoms with E-state index in [1.807, 2.05) is 0 Å². The van der Waals surface area contributed by atoms with Crippen LogP contribution < -0.4 is 20.3 Å². The molecule has 0 radical (unpaired) electrons. The lowest BCUT2D eigenvalue weighted by Gasteiger charge is -2.16. The second kappa shape index (κ2) is 7.90. The monoisotopic (exact) mass is 362 g/mol. The van der Waals surface area contributed by atoms with Crippen molar-refractivity contribution in [1.82, 2.24) is 9.88 Å². The van der Waals surface area contributed by atoms with Gasteiger partial charge in [0.1, 0.15) is 6.04 Å². The van der Waals surface area contributed by atoms with Gasteiger partial charge in [-0.05, 0) is 25.5 Å².